The van der Waals surface area contributed by atoms with E-state index in [0.29, 0.717) is 5.56 Å². The van der Waals surface area contributed by atoms with Crippen molar-refractivity contribution in [2.45, 2.75) is 13.0 Å². The molecule has 0 saturated heterocycles. The van der Waals surface area contributed by atoms with E-state index in [1.165, 1.54) is 7.11 Å². The molecule has 120 valence electrons. The van der Waals surface area contributed by atoms with Crippen LogP contribution >= 0.6 is 0 Å². The minimum absolute atomic E-state index is 0.191. The van der Waals surface area contributed by atoms with Crippen molar-refractivity contribution in [3.8, 4) is 0 Å². The summed E-state index contributed by atoms with van der Waals surface area (Å²) < 4.78 is 4.71. The molecule has 22 heavy (non-hydrogen) atoms. The molecule has 6 heteroatoms. The number of benzene rings is 1. The van der Waals surface area contributed by atoms with Crippen LogP contribution < -0.4 is 15.8 Å². The summed E-state index contributed by atoms with van der Waals surface area (Å²) in [6, 6.07) is 6.44. The van der Waals surface area contributed by atoms with Crippen molar-refractivity contribution in [3.05, 3.63) is 42.5 Å². The van der Waals surface area contributed by atoms with Crippen LogP contribution in [-0.2, 0) is 9.53 Å². The molecule has 0 radical (unpaired) electrons. The van der Waals surface area contributed by atoms with Crippen LogP contribution in [0.4, 0.5) is 5.69 Å². The Bertz CT molecular complexity index is 526. The number of methoxy groups -OCH3 is 1. The smallest absolute Gasteiger partial charge is 0.325 e. The monoisotopic (exact) mass is 305 g/mol. The molecular formula is C16H23N3O3. The molecule has 0 saturated carbocycles. The van der Waals surface area contributed by atoms with Crippen LogP contribution in [-0.4, -0.2) is 39.1 Å². The number of hydrazine groups is 1. The van der Waals surface area contributed by atoms with E-state index >= 15 is 0 Å². The van der Waals surface area contributed by atoms with Crippen LogP contribution in [0.25, 0.3) is 0 Å². The van der Waals surface area contributed by atoms with E-state index in [0.717, 1.165) is 5.69 Å². The van der Waals surface area contributed by atoms with E-state index in [4.69, 9.17) is 4.74 Å². The second-order valence-corrected chi connectivity index (χ2v) is 5.14. The summed E-state index contributed by atoms with van der Waals surface area (Å²) >= 11 is 0. The molecule has 6 nitrogen and oxygen atoms in total. The van der Waals surface area contributed by atoms with E-state index in [9.17, 15) is 9.59 Å². The average molecular weight is 305 g/mol. The van der Waals surface area contributed by atoms with Gasteiger partial charge in [-0.1, -0.05) is 13.0 Å². The summed E-state index contributed by atoms with van der Waals surface area (Å²) in [5, 5.41) is 0. The van der Waals surface area contributed by atoms with Crippen LogP contribution in [0.3, 0.4) is 0 Å². The van der Waals surface area contributed by atoms with Gasteiger partial charge in [0.2, 0.25) is 0 Å². The number of carbonyl (C=O) groups is 2. The number of amides is 1. The first kappa shape index (κ1) is 17.7. The Balaban J connectivity index is 2.70. The highest BCUT2D eigenvalue weighted by Crippen LogP contribution is 2.12. The highest BCUT2D eigenvalue weighted by atomic mass is 16.5. The number of esters is 1. The van der Waals surface area contributed by atoms with Gasteiger partial charge in [-0.05, 0) is 24.3 Å². The van der Waals surface area contributed by atoms with Gasteiger partial charge in [0.05, 0.1) is 7.11 Å². The fourth-order valence-corrected chi connectivity index (χ4v) is 1.79. The summed E-state index contributed by atoms with van der Waals surface area (Å²) in [5.74, 6) is -0.977. The molecule has 0 bridgehead atoms. The Hall–Kier alpha value is -2.34. The SMILES string of the molecule is C=C[C@@H](C)[C@@H](NNC(=O)c1ccc(N(C)C)cc1)C(=O)OC. The fraction of sp³-hybridized carbons (Fsp3) is 0.375. The molecular weight excluding hydrogens is 282 g/mol. The van der Waals surface area contributed by atoms with E-state index in [1.807, 2.05) is 31.1 Å². The topological polar surface area (TPSA) is 70.7 Å². The zero-order valence-corrected chi connectivity index (χ0v) is 13.4. The second-order valence-electron chi connectivity index (χ2n) is 5.14. The fourth-order valence-electron chi connectivity index (χ4n) is 1.79. The summed E-state index contributed by atoms with van der Waals surface area (Å²) in [4.78, 5) is 25.7. The third-order valence-electron chi connectivity index (χ3n) is 3.34. The largest absolute Gasteiger partial charge is 0.468 e. The Labute approximate surface area is 131 Å². The number of rotatable bonds is 7. The molecule has 0 aliphatic carbocycles. The molecule has 1 amide bonds. The van der Waals surface area contributed by atoms with Gasteiger partial charge < -0.3 is 9.64 Å². The van der Waals surface area contributed by atoms with Crippen LogP contribution in [0.15, 0.2) is 36.9 Å². The maximum atomic E-state index is 12.1. The molecule has 0 aliphatic heterocycles. The number of carbonyl (C=O) groups excluding carboxylic acids is 2. The number of anilines is 1. The molecule has 2 N–H and O–H groups in total. The molecule has 0 unspecified atom stereocenters. The summed E-state index contributed by atoms with van der Waals surface area (Å²) in [6.07, 6.45) is 1.62. The number of hydrogen-bond donors (Lipinski definition) is 2. The first-order valence-electron chi connectivity index (χ1n) is 6.94. The molecule has 0 aliphatic rings. The quantitative estimate of drug-likeness (QED) is 0.452. The first-order chi connectivity index (χ1) is 10.4. The van der Waals surface area contributed by atoms with Gasteiger partial charge in [0.25, 0.3) is 5.91 Å². The Kier molecular flexibility index (Phi) is 6.59. The van der Waals surface area contributed by atoms with Crippen molar-refractivity contribution >= 4 is 17.6 Å². The Morgan fingerprint density at radius 1 is 1.27 bits per heavy atom. The standard InChI is InChI=1S/C16H23N3O3/c1-6-11(2)14(16(21)22-5)17-18-15(20)12-7-9-13(10-8-12)19(3)4/h6-11,14,17H,1H2,2-5H3,(H,18,20)/t11-,14-/m1/s1. The van der Waals surface area contributed by atoms with Gasteiger partial charge in [0, 0.05) is 31.3 Å². The molecule has 1 rings (SSSR count). The minimum atomic E-state index is -0.688. The predicted octanol–water partition coefficient (Wildman–Crippen LogP) is 1.35. The lowest BCUT2D eigenvalue weighted by Crippen LogP contribution is -2.51. The molecule has 0 fully saturated rings. The lowest BCUT2D eigenvalue weighted by Gasteiger charge is -2.20. The van der Waals surface area contributed by atoms with Gasteiger partial charge in [-0.25, -0.2) is 5.43 Å². The van der Waals surface area contributed by atoms with E-state index < -0.39 is 12.0 Å². The summed E-state index contributed by atoms with van der Waals surface area (Å²) in [7, 11) is 5.15. The number of nitrogens with zero attached hydrogens (tertiary/aromatic N) is 1. The van der Waals surface area contributed by atoms with E-state index in [-0.39, 0.29) is 11.8 Å². The highest BCUT2D eigenvalue weighted by Gasteiger charge is 2.24. The third kappa shape index (κ3) is 4.60. The normalized spacial score (nSPS) is 12.9. The van der Waals surface area contributed by atoms with Crippen molar-refractivity contribution in [2.75, 3.05) is 26.1 Å². The predicted molar refractivity (Wildman–Crippen MR) is 86.5 cm³/mol. The van der Waals surface area contributed by atoms with E-state index in [1.54, 1.807) is 25.1 Å². The number of hydrogen-bond acceptors (Lipinski definition) is 5. The van der Waals surface area contributed by atoms with Gasteiger partial charge in [0.15, 0.2) is 0 Å². The Morgan fingerprint density at radius 2 is 1.86 bits per heavy atom. The maximum absolute atomic E-state index is 12.1. The highest BCUT2D eigenvalue weighted by molar-refractivity contribution is 5.94. The zero-order valence-electron chi connectivity index (χ0n) is 13.4. The van der Waals surface area contributed by atoms with Crippen molar-refractivity contribution in [2.24, 2.45) is 5.92 Å². The van der Waals surface area contributed by atoms with Crippen molar-refractivity contribution in [3.63, 3.8) is 0 Å². The number of ether oxygens (including phenoxy) is 1. The van der Waals surface area contributed by atoms with Gasteiger partial charge in [-0.15, -0.1) is 6.58 Å². The van der Waals surface area contributed by atoms with Crippen LogP contribution in [0.2, 0.25) is 0 Å². The van der Waals surface area contributed by atoms with Gasteiger partial charge in [0.1, 0.15) is 6.04 Å². The van der Waals surface area contributed by atoms with Crippen molar-refractivity contribution < 1.29 is 14.3 Å². The van der Waals surface area contributed by atoms with Crippen LogP contribution in [0, 0.1) is 5.92 Å². The minimum Gasteiger partial charge on any atom is -0.468 e. The lowest BCUT2D eigenvalue weighted by atomic mass is 10.0. The van der Waals surface area contributed by atoms with Crippen LogP contribution in [0.5, 0.6) is 0 Å². The molecule has 2 atom stereocenters. The molecule has 0 aromatic heterocycles. The van der Waals surface area contributed by atoms with Crippen molar-refractivity contribution in [1.82, 2.24) is 10.9 Å². The summed E-state index contributed by atoms with van der Waals surface area (Å²) in [6.45, 7) is 5.45. The molecule has 1 aromatic rings. The van der Waals surface area contributed by atoms with Gasteiger partial charge >= 0.3 is 5.97 Å². The maximum Gasteiger partial charge on any atom is 0.325 e. The first-order valence-corrected chi connectivity index (χ1v) is 6.94. The van der Waals surface area contributed by atoms with Crippen LogP contribution in [0.1, 0.15) is 17.3 Å². The van der Waals surface area contributed by atoms with Crippen molar-refractivity contribution in [1.29, 1.82) is 0 Å². The second kappa shape index (κ2) is 8.19. The third-order valence-corrected chi connectivity index (χ3v) is 3.34. The van der Waals surface area contributed by atoms with Gasteiger partial charge in [-0.3, -0.25) is 15.0 Å². The summed E-state index contributed by atoms with van der Waals surface area (Å²) in [5.41, 5.74) is 6.72. The molecule has 0 heterocycles. The van der Waals surface area contributed by atoms with E-state index in [2.05, 4.69) is 17.4 Å². The number of nitrogens with one attached hydrogen (secondary N) is 2. The zero-order chi connectivity index (χ0) is 16.7. The average Bonchev–Trinajstić information content (AvgIpc) is 2.54. The Morgan fingerprint density at radius 3 is 2.32 bits per heavy atom. The molecule has 1 aromatic carbocycles. The molecule has 0 spiro atoms. The van der Waals surface area contributed by atoms with Gasteiger partial charge in [-0.2, -0.15) is 0 Å². The lowest BCUT2D eigenvalue weighted by molar-refractivity contribution is -0.144.